The van der Waals surface area contributed by atoms with Crippen LogP contribution in [0.15, 0.2) is 16.6 Å². The summed E-state index contributed by atoms with van der Waals surface area (Å²) < 4.78 is 5.91. The third-order valence-corrected chi connectivity index (χ3v) is 3.70. The smallest absolute Gasteiger partial charge is 0.287 e. The van der Waals surface area contributed by atoms with Crippen molar-refractivity contribution < 1.29 is 14.8 Å². The van der Waals surface area contributed by atoms with E-state index in [9.17, 15) is 15.2 Å². The summed E-state index contributed by atoms with van der Waals surface area (Å²) in [5.41, 5.74) is 5.52. The number of hydrogen-bond acceptors (Lipinski definition) is 5. The maximum Gasteiger partial charge on any atom is 0.287 e. The molecule has 0 spiro atoms. The quantitative estimate of drug-likeness (QED) is 0.609. The molecular formula is C11H13BrN2O4. The number of nitrogens with two attached hydrogens (primary N) is 1. The summed E-state index contributed by atoms with van der Waals surface area (Å²) in [7, 11) is 0. The van der Waals surface area contributed by atoms with E-state index in [-0.39, 0.29) is 5.69 Å². The van der Waals surface area contributed by atoms with Gasteiger partial charge >= 0.3 is 0 Å². The van der Waals surface area contributed by atoms with Crippen LogP contribution in [-0.4, -0.2) is 21.7 Å². The van der Waals surface area contributed by atoms with Gasteiger partial charge in [0.15, 0.2) is 0 Å². The molecule has 6 nitrogen and oxygen atoms in total. The summed E-state index contributed by atoms with van der Waals surface area (Å²) in [6.45, 7) is 3.38. The van der Waals surface area contributed by atoms with E-state index in [1.165, 1.54) is 12.1 Å². The minimum Gasteiger partial charge on any atom is -0.484 e. The molecule has 7 heteroatoms. The van der Waals surface area contributed by atoms with Gasteiger partial charge in [-0.05, 0) is 35.8 Å². The largest absolute Gasteiger partial charge is 0.484 e. The fraction of sp³-hybridized carbons (Fsp3) is 0.455. The Labute approximate surface area is 112 Å². The van der Waals surface area contributed by atoms with Gasteiger partial charge in [0, 0.05) is 5.56 Å². The number of hydrogen-bond donors (Lipinski definition) is 2. The number of halogens is 1. The predicted octanol–water partition coefficient (Wildman–Crippen LogP) is 1.89. The number of nitro groups is 1. The van der Waals surface area contributed by atoms with Crippen molar-refractivity contribution in [3.05, 3.63) is 32.3 Å². The molecule has 0 radical (unpaired) electrons. The highest BCUT2D eigenvalue weighted by atomic mass is 79.9. The van der Waals surface area contributed by atoms with Gasteiger partial charge in [-0.1, -0.05) is 0 Å². The average molecular weight is 317 g/mol. The number of rotatable bonds is 1. The van der Waals surface area contributed by atoms with Crippen molar-refractivity contribution in [1.82, 2.24) is 0 Å². The Bertz CT molecular complexity index is 518. The summed E-state index contributed by atoms with van der Waals surface area (Å²) in [6, 6.07) is 2.21. The molecule has 0 bridgehead atoms. The van der Waals surface area contributed by atoms with Crippen LogP contribution < -0.4 is 10.5 Å². The number of aliphatic hydroxyl groups is 1. The van der Waals surface area contributed by atoms with Crippen molar-refractivity contribution in [2.45, 2.75) is 31.6 Å². The first kappa shape index (κ1) is 13.3. The van der Waals surface area contributed by atoms with Gasteiger partial charge in [-0.2, -0.15) is 0 Å². The summed E-state index contributed by atoms with van der Waals surface area (Å²) >= 11 is 3.12. The van der Waals surface area contributed by atoms with Crippen molar-refractivity contribution in [2.24, 2.45) is 5.73 Å². The SMILES string of the molecule is CC1(C)Oc2cc([N+](=O)[O-])c(Br)cc2[C@H](N)[C@H]1O. The summed E-state index contributed by atoms with van der Waals surface area (Å²) in [6.07, 6.45) is -0.877. The van der Waals surface area contributed by atoms with Gasteiger partial charge in [0.25, 0.3) is 5.69 Å². The molecule has 1 aliphatic heterocycles. The first-order valence-electron chi connectivity index (χ1n) is 5.34. The third kappa shape index (κ3) is 1.98. The van der Waals surface area contributed by atoms with E-state index in [1.807, 2.05) is 0 Å². The Balaban J connectivity index is 2.58. The molecule has 0 aliphatic carbocycles. The van der Waals surface area contributed by atoms with Crippen LogP contribution in [0.4, 0.5) is 5.69 Å². The summed E-state index contributed by atoms with van der Waals surface area (Å²) in [5, 5.41) is 20.9. The second-order valence-electron chi connectivity index (χ2n) is 4.77. The Morgan fingerprint density at radius 2 is 2.17 bits per heavy atom. The molecule has 98 valence electrons. The minimum atomic E-state index is -0.881. The molecule has 0 unspecified atom stereocenters. The lowest BCUT2D eigenvalue weighted by Crippen LogP contribution is -2.51. The lowest BCUT2D eigenvalue weighted by atomic mass is 9.87. The zero-order chi connectivity index (χ0) is 13.7. The van der Waals surface area contributed by atoms with Crippen molar-refractivity contribution in [2.75, 3.05) is 0 Å². The van der Waals surface area contributed by atoms with E-state index in [1.54, 1.807) is 13.8 Å². The van der Waals surface area contributed by atoms with Crippen molar-refractivity contribution in [3.8, 4) is 5.75 Å². The Kier molecular flexibility index (Phi) is 3.08. The second kappa shape index (κ2) is 4.18. The van der Waals surface area contributed by atoms with Gasteiger partial charge in [-0.3, -0.25) is 10.1 Å². The lowest BCUT2D eigenvalue weighted by Gasteiger charge is -2.40. The number of benzene rings is 1. The molecule has 1 heterocycles. The molecule has 3 N–H and O–H groups in total. The van der Waals surface area contributed by atoms with Crippen LogP contribution in [0.3, 0.4) is 0 Å². The zero-order valence-electron chi connectivity index (χ0n) is 9.88. The number of nitro benzene ring substituents is 1. The van der Waals surface area contributed by atoms with E-state index < -0.39 is 22.7 Å². The predicted molar refractivity (Wildman–Crippen MR) is 68.4 cm³/mol. The summed E-state index contributed by atoms with van der Waals surface area (Å²) in [4.78, 5) is 10.4. The van der Waals surface area contributed by atoms with Crippen LogP contribution >= 0.6 is 15.9 Å². The van der Waals surface area contributed by atoms with E-state index in [0.717, 1.165) is 0 Å². The van der Waals surface area contributed by atoms with Crippen molar-refractivity contribution in [3.63, 3.8) is 0 Å². The highest BCUT2D eigenvalue weighted by molar-refractivity contribution is 9.10. The highest BCUT2D eigenvalue weighted by Crippen LogP contribution is 2.42. The lowest BCUT2D eigenvalue weighted by molar-refractivity contribution is -0.385. The first-order valence-corrected chi connectivity index (χ1v) is 6.14. The van der Waals surface area contributed by atoms with Crippen LogP contribution in [0.2, 0.25) is 0 Å². The molecular weight excluding hydrogens is 304 g/mol. The molecule has 0 saturated carbocycles. The molecule has 0 amide bonds. The van der Waals surface area contributed by atoms with Crippen molar-refractivity contribution >= 4 is 21.6 Å². The topological polar surface area (TPSA) is 98.6 Å². The fourth-order valence-corrected chi connectivity index (χ4v) is 2.50. The molecule has 1 aromatic rings. The standard InChI is InChI=1S/C11H13BrN2O4/c1-11(2)10(15)9(13)5-3-6(12)7(14(16)17)4-8(5)18-11/h3-4,9-10,15H,13H2,1-2H3/t9-,10+/m0/s1. The van der Waals surface area contributed by atoms with Gasteiger partial charge in [-0.25, -0.2) is 0 Å². The van der Waals surface area contributed by atoms with E-state index >= 15 is 0 Å². The molecule has 0 fully saturated rings. The maximum atomic E-state index is 10.9. The molecule has 0 saturated heterocycles. The van der Waals surface area contributed by atoms with Gasteiger partial charge in [0.2, 0.25) is 0 Å². The normalized spacial score (nSPS) is 25.2. The minimum absolute atomic E-state index is 0.0897. The van der Waals surface area contributed by atoms with Crippen molar-refractivity contribution in [1.29, 1.82) is 0 Å². The third-order valence-electron chi connectivity index (χ3n) is 3.06. The van der Waals surface area contributed by atoms with Crippen LogP contribution in [0, 0.1) is 10.1 Å². The van der Waals surface area contributed by atoms with E-state index in [0.29, 0.717) is 15.8 Å². The molecule has 1 aliphatic rings. The first-order chi connectivity index (χ1) is 8.24. The Morgan fingerprint density at radius 1 is 1.56 bits per heavy atom. The van der Waals surface area contributed by atoms with E-state index in [4.69, 9.17) is 10.5 Å². The van der Waals surface area contributed by atoms with E-state index in [2.05, 4.69) is 15.9 Å². The fourth-order valence-electron chi connectivity index (χ4n) is 1.99. The van der Waals surface area contributed by atoms with Gasteiger partial charge < -0.3 is 15.6 Å². The Hall–Kier alpha value is -1.18. The number of aliphatic hydroxyl groups excluding tert-OH is 1. The molecule has 0 aromatic heterocycles. The number of ether oxygens (including phenoxy) is 1. The molecule has 2 rings (SSSR count). The molecule has 2 atom stereocenters. The van der Waals surface area contributed by atoms with Crippen LogP contribution in [0.1, 0.15) is 25.5 Å². The molecule has 18 heavy (non-hydrogen) atoms. The number of fused-ring (bicyclic) bond motifs is 1. The van der Waals surface area contributed by atoms with Crippen LogP contribution in [-0.2, 0) is 0 Å². The van der Waals surface area contributed by atoms with Gasteiger partial charge in [0.1, 0.15) is 17.5 Å². The van der Waals surface area contributed by atoms with Gasteiger partial charge in [0.05, 0.1) is 21.5 Å². The van der Waals surface area contributed by atoms with Gasteiger partial charge in [-0.15, -0.1) is 0 Å². The number of nitrogens with zero attached hydrogens (tertiary/aromatic N) is 1. The second-order valence-corrected chi connectivity index (χ2v) is 5.63. The van der Waals surface area contributed by atoms with Crippen LogP contribution in [0.25, 0.3) is 0 Å². The average Bonchev–Trinajstić information content (AvgIpc) is 2.26. The molecule has 1 aromatic carbocycles. The highest BCUT2D eigenvalue weighted by Gasteiger charge is 2.42. The monoisotopic (exact) mass is 316 g/mol. The maximum absolute atomic E-state index is 10.9. The van der Waals surface area contributed by atoms with Crippen LogP contribution in [0.5, 0.6) is 5.75 Å². The Morgan fingerprint density at radius 3 is 2.72 bits per heavy atom. The zero-order valence-corrected chi connectivity index (χ0v) is 11.5. The summed E-state index contributed by atoms with van der Waals surface area (Å²) in [5.74, 6) is 0.340.